The first kappa shape index (κ1) is 15.4. The van der Waals surface area contributed by atoms with Gasteiger partial charge < -0.3 is 4.74 Å². The average molecular weight is 374 g/mol. The molecular weight excluding hydrogens is 363 g/mol. The van der Waals surface area contributed by atoms with Crippen LogP contribution in [0.3, 0.4) is 0 Å². The zero-order chi connectivity index (χ0) is 14.7. The highest BCUT2D eigenvalue weighted by Crippen LogP contribution is 2.23. The number of carbonyl (C=O) groups excluding carboxylic acids is 1. The predicted octanol–water partition coefficient (Wildman–Crippen LogP) is 5.33. The Bertz CT molecular complexity index is 656. The molecule has 0 aliphatic heterocycles. The lowest BCUT2D eigenvalue weighted by molar-refractivity contribution is 0.0921. The molecule has 0 bridgehead atoms. The Morgan fingerprint density at radius 2 is 1.95 bits per heavy atom. The van der Waals surface area contributed by atoms with Crippen LogP contribution in [0.2, 0.25) is 10.0 Å². The fourth-order valence-corrected chi connectivity index (χ4v) is 2.29. The maximum absolute atomic E-state index is 12.1. The number of halogens is 3. The third kappa shape index (κ3) is 3.75. The maximum atomic E-state index is 12.1. The maximum Gasteiger partial charge on any atom is 0.201 e. The van der Waals surface area contributed by atoms with Gasteiger partial charge >= 0.3 is 0 Å². The fourth-order valence-electron chi connectivity index (χ4n) is 1.64. The van der Waals surface area contributed by atoms with E-state index in [1.807, 2.05) is 19.1 Å². The van der Waals surface area contributed by atoms with Crippen molar-refractivity contribution in [3.63, 3.8) is 0 Å². The number of hydrogen-bond acceptors (Lipinski definition) is 2. The SMILES string of the molecule is Cc1cc(OCC(=O)c2cc(Cl)ccc2Cl)ccc1Br. The van der Waals surface area contributed by atoms with Gasteiger partial charge in [0.25, 0.3) is 0 Å². The Hall–Kier alpha value is -1.03. The van der Waals surface area contributed by atoms with Crippen LogP contribution in [0.4, 0.5) is 0 Å². The number of aryl methyl sites for hydroxylation is 1. The molecule has 104 valence electrons. The van der Waals surface area contributed by atoms with Crippen LogP contribution in [-0.2, 0) is 0 Å². The minimum Gasteiger partial charge on any atom is -0.485 e. The van der Waals surface area contributed by atoms with E-state index in [9.17, 15) is 4.79 Å². The number of carbonyl (C=O) groups is 1. The van der Waals surface area contributed by atoms with E-state index in [4.69, 9.17) is 27.9 Å². The van der Waals surface area contributed by atoms with Crippen molar-refractivity contribution >= 4 is 44.9 Å². The number of hydrogen-bond donors (Lipinski definition) is 0. The summed E-state index contributed by atoms with van der Waals surface area (Å²) in [6.45, 7) is 1.87. The van der Waals surface area contributed by atoms with Crippen molar-refractivity contribution in [1.29, 1.82) is 0 Å². The first-order valence-corrected chi connectivity index (χ1v) is 7.39. The van der Waals surface area contributed by atoms with Crippen LogP contribution in [0, 0.1) is 6.92 Å². The van der Waals surface area contributed by atoms with E-state index in [0.717, 1.165) is 10.0 Å². The molecule has 0 N–H and O–H groups in total. The van der Waals surface area contributed by atoms with Gasteiger partial charge in [-0.15, -0.1) is 0 Å². The van der Waals surface area contributed by atoms with E-state index in [0.29, 0.717) is 21.4 Å². The second-order valence-corrected chi connectivity index (χ2v) is 5.94. The molecule has 20 heavy (non-hydrogen) atoms. The van der Waals surface area contributed by atoms with Crippen LogP contribution in [-0.4, -0.2) is 12.4 Å². The predicted molar refractivity (Wildman–Crippen MR) is 85.2 cm³/mol. The highest BCUT2D eigenvalue weighted by molar-refractivity contribution is 9.10. The Morgan fingerprint density at radius 3 is 2.65 bits per heavy atom. The minimum absolute atomic E-state index is 0.0822. The van der Waals surface area contributed by atoms with Gasteiger partial charge in [0.1, 0.15) is 5.75 Å². The summed E-state index contributed by atoms with van der Waals surface area (Å²) in [6, 6.07) is 10.3. The van der Waals surface area contributed by atoms with Gasteiger partial charge in [-0.05, 0) is 48.9 Å². The highest BCUT2D eigenvalue weighted by atomic mass is 79.9. The molecule has 0 aliphatic rings. The van der Waals surface area contributed by atoms with Crippen LogP contribution in [0.1, 0.15) is 15.9 Å². The summed E-state index contributed by atoms with van der Waals surface area (Å²) in [6.07, 6.45) is 0. The largest absolute Gasteiger partial charge is 0.485 e. The van der Waals surface area contributed by atoms with Gasteiger partial charge in [0.2, 0.25) is 5.78 Å². The van der Waals surface area contributed by atoms with Gasteiger partial charge in [-0.2, -0.15) is 0 Å². The minimum atomic E-state index is -0.210. The standard InChI is InChI=1S/C15H11BrCl2O2/c1-9-6-11(3-4-13(9)16)20-8-15(19)12-7-10(17)2-5-14(12)18/h2-7H,8H2,1H3. The Balaban J connectivity index is 2.08. The van der Waals surface area contributed by atoms with Gasteiger partial charge in [0, 0.05) is 15.1 Å². The van der Waals surface area contributed by atoms with Crippen LogP contribution < -0.4 is 4.74 Å². The molecule has 0 heterocycles. The van der Waals surface area contributed by atoms with Crippen LogP contribution in [0.15, 0.2) is 40.9 Å². The molecule has 2 aromatic carbocycles. The highest BCUT2D eigenvalue weighted by Gasteiger charge is 2.12. The van der Waals surface area contributed by atoms with E-state index >= 15 is 0 Å². The van der Waals surface area contributed by atoms with Crippen molar-refractivity contribution in [2.45, 2.75) is 6.92 Å². The zero-order valence-corrected chi connectivity index (χ0v) is 13.7. The van der Waals surface area contributed by atoms with Crippen molar-refractivity contribution < 1.29 is 9.53 Å². The molecule has 0 radical (unpaired) electrons. The normalized spacial score (nSPS) is 10.4. The summed E-state index contributed by atoms with van der Waals surface area (Å²) in [5, 5.41) is 0.840. The van der Waals surface area contributed by atoms with Crippen molar-refractivity contribution in [3.05, 3.63) is 62.0 Å². The molecule has 0 unspecified atom stereocenters. The van der Waals surface area contributed by atoms with Gasteiger partial charge in [-0.1, -0.05) is 39.1 Å². The van der Waals surface area contributed by atoms with Crippen molar-refractivity contribution in [3.8, 4) is 5.75 Å². The lowest BCUT2D eigenvalue weighted by Crippen LogP contribution is -2.12. The summed E-state index contributed by atoms with van der Waals surface area (Å²) in [5.74, 6) is 0.426. The van der Waals surface area contributed by atoms with Crippen molar-refractivity contribution in [2.24, 2.45) is 0 Å². The van der Waals surface area contributed by atoms with Gasteiger partial charge in [-0.3, -0.25) is 4.79 Å². The second kappa shape index (κ2) is 6.61. The van der Waals surface area contributed by atoms with E-state index in [1.165, 1.54) is 0 Å². The zero-order valence-electron chi connectivity index (χ0n) is 10.6. The Kier molecular flexibility index (Phi) is 5.08. The summed E-state index contributed by atoms with van der Waals surface area (Å²) in [7, 11) is 0. The Morgan fingerprint density at radius 1 is 1.20 bits per heavy atom. The average Bonchev–Trinajstić information content (AvgIpc) is 2.42. The van der Waals surface area contributed by atoms with E-state index in [1.54, 1.807) is 24.3 Å². The molecule has 0 aliphatic carbocycles. The number of rotatable bonds is 4. The number of ether oxygens (including phenoxy) is 1. The third-order valence-corrected chi connectivity index (χ3v) is 4.18. The fraction of sp³-hybridized carbons (Fsp3) is 0.133. The van der Waals surface area contributed by atoms with Crippen LogP contribution in [0.25, 0.3) is 0 Å². The van der Waals surface area contributed by atoms with Crippen molar-refractivity contribution in [2.75, 3.05) is 6.61 Å². The van der Waals surface area contributed by atoms with Gasteiger partial charge in [-0.25, -0.2) is 0 Å². The topological polar surface area (TPSA) is 26.3 Å². The molecule has 0 atom stereocenters. The molecule has 0 saturated heterocycles. The number of benzene rings is 2. The molecule has 0 spiro atoms. The monoisotopic (exact) mass is 372 g/mol. The summed E-state index contributed by atoms with van der Waals surface area (Å²) in [4.78, 5) is 12.1. The van der Waals surface area contributed by atoms with Gasteiger partial charge in [0.15, 0.2) is 6.61 Å². The molecule has 5 heteroatoms. The molecule has 0 fully saturated rings. The van der Waals surface area contributed by atoms with Gasteiger partial charge in [0.05, 0.1) is 5.02 Å². The molecule has 0 saturated carbocycles. The van der Waals surface area contributed by atoms with E-state index in [-0.39, 0.29) is 12.4 Å². The van der Waals surface area contributed by atoms with Crippen LogP contribution >= 0.6 is 39.1 Å². The number of ketones is 1. The molecule has 0 amide bonds. The molecular formula is C15H11BrCl2O2. The smallest absolute Gasteiger partial charge is 0.201 e. The first-order valence-electron chi connectivity index (χ1n) is 5.84. The Labute approximate surface area is 135 Å². The van der Waals surface area contributed by atoms with Crippen LogP contribution in [0.5, 0.6) is 5.75 Å². The lowest BCUT2D eigenvalue weighted by Gasteiger charge is -2.08. The summed E-state index contributed by atoms with van der Waals surface area (Å²) in [5.41, 5.74) is 1.41. The third-order valence-electron chi connectivity index (χ3n) is 2.73. The van der Waals surface area contributed by atoms with Crippen molar-refractivity contribution in [1.82, 2.24) is 0 Å². The summed E-state index contributed by atoms with van der Waals surface area (Å²) >= 11 is 15.2. The first-order chi connectivity index (χ1) is 9.47. The number of Topliss-reactive ketones (excluding diaryl/α,β-unsaturated/α-hetero) is 1. The quantitative estimate of drug-likeness (QED) is 0.677. The van der Waals surface area contributed by atoms with E-state index < -0.39 is 0 Å². The molecule has 2 nitrogen and oxygen atoms in total. The molecule has 2 aromatic rings. The second-order valence-electron chi connectivity index (χ2n) is 4.25. The molecule has 2 rings (SSSR count). The molecule has 0 aromatic heterocycles. The summed E-state index contributed by atoms with van der Waals surface area (Å²) < 4.78 is 6.48. The lowest BCUT2D eigenvalue weighted by atomic mass is 10.1. The van der Waals surface area contributed by atoms with E-state index in [2.05, 4.69) is 15.9 Å².